The Morgan fingerprint density at radius 1 is 1.16 bits per heavy atom. The van der Waals surface area contributed by atoms with Gasteiger partial charge in [-0.3, -0.25) is 4.79 Å². The van der Waals surface area contributed by atoms with Crippen molar-refractivity contribution < 1.29 is 9.53 Å². The first kappa shape index (κ1) is 21.9. The summed E-state index contributed by atoms with van der Waals surface area (Å²) >= 11 is 0. The molecule has 1 atom stereocenters. The highest BCUT2D eigenvalue weighted by atomic mass is 28.3. The van der Waals surface area contributed by atoms with Gasteiger partial charge in [0.15, 0.2) is 0 Å². The molecule has 2 nitrogen and oxygen atoms in total. The summed E-state index contributed by atoms with van der Waals surface area (Å²) in [5, 5.41) is 0. The van der Waals surface area contributed by atoms with Crippen molar-refractivity contribution in [2.75, 3.05) is 6.61 Å². The molecule has 0 aromatic heterocycles. The molecule has 1 aromatic rings. The van der Waals surface area contributed by atoms with Gasteiger partial charge in [0.25, 0.3) is 0 Å². The third-order valence-corrected chi connectivity index (χ3v) is 6.18. The zero-order chi connectivity index (χ0) is 19.3. The molecule has 0 amide bonds. The highest BCUT2D eigenvalue weighted by Gasteiger charge is 2.23. The van der Waals surface area contributed by atoms with E-state index in [1.807, 2.05) is 6.07 Å². The molecule has 0 saturated heterocycles. The highest BCUT2D eigenvalue weighted by molar-refractivity contribution is 6.76. The minimum atomic E-state index is -1.15. The van der Waals surface area contributed by atoms with Crippen LogP contribution in [0.25, 0.3) is 0 Å². The van der Waals surface area contributed by atoms with Crippen LogP contribution in [0.3, 0.4) is 0 Å². The van der Waals surface area contributed by atoms with Crippen LogP contribution >= 0.6 is 0 Å². The fourth-order valence-electron chi connectivity index (χ4n) is 3.02. The monoisotopic (exact) mass is 362 g/mol. The smallest absolute Gasteiger partial charge is 0.310 e. The number of benzene rings is 1. The molecule has 1 aromatic carbocycles. The molecule has 0 aliphatic carbocycles. The van der Waals surface area contributed by atoms with Gasteiger partial charge >= 0.3 is 5.97 Å². The maximum Gasteiger partial charge on any atom is 0.310 e. The van der Waals surface area contributed by atoms with Gasteiger partial charge in [-0.2, -0.15) is 0 Å². The summed E-state index contributed by atoms with van der Waals surface area (Å²) in [6, 6.07) is 9.56. The normalized spacial score (nSPS) is 13.8. The van der Waals surface area contributed by atoms with Crippen molar-refractivity contribution in [2.45, 2.75) is 79.1 Å². The second kappa shape index (κ2) is 9.02. The third kappa shape index (κ3) is 9.25. The van der Waals surface area contributed by atoms with Gasteiger partial charge in [0.2, 0.25) is 0 Å². The van der Waals surface area contributed by atoms with Crippen molar-refractivity contribution in [3.05, 3.63) is 35.4 Å². The number of esters is 1. The first-order valence-corrected chi connectivity index (χ1v) is 13.3. The number of ether oxygens (including phenoxy) is 1. The molecule has 1 unspecified atom stereocenters. The van der Waals surface area contributed by atoms with Gasteiger partial charge in [0.1, 0.15) is 0 Å². The summed E-state index contributed by atoms with van der Waals surface area (Å²) in [5.74, 6) is 0.994. The largest absolute Gasteiger partial charge is 0.466 e. The van der Waals surface area contributed by atoms with E-state index in [0.717, 1.165) is 18.0 Å². The standard InChI is InChI=1S/C22H38O2Si/c1-17(2)20(16-22(3,4)5)19-11-9-10-18(14-19)15-21(23)24-12-13-25(6,7)8/h9-11,14,17,20H,12-13,15-16H2,1-8H3. The van der Waals surface area contributed by atoms with E-state index in [1.165, 1.54) is 5.56 Å². The topological polar surface area (TPSA) is 26.3 Å². The molecule has 0 N–H and O–H groups in total. The van der Waals surface area contributed by atoms with Gasteiger partial charge in [-0.1, -0.05) is 78.5 Å². The Kier molecular flexibility index (Phi) is 7.92. The predicted octanol–water partition coefficient (Wildman–Crippen LogP) is 6.29. The summed E-state index contributed by atoms with van der Waals surface area (Å²) in [5.41, 5.74) is 2.70. The van der Waals surface area contributed by atoms with Crippen molar-refractivity contribution in [3.8, 4) is 0 Å². The maximum absolute atomic E-state index is 12.1. The average molecular weight is 363 g/mol. The van der Waals surface area contributed by atoms with Crippen LogP contribution in [0.2, 0.25) is 25.7 Å². The molecule has 0 aliphatic heterocycles. The number of carbonyl (C=O) groups is 1. The zero-order valence-corrected chi connectivity index (χ0v) is 18.6. The summed E-state index contributed by atoms with van der Waals surface area (Å²) < 4.78 is 5.45. The van der Waals surface area contributed by atoms with Crippen LogP contribution in [0.4, 0.5) is 0 Å². The fourth-order valence-corrected chi connectivity index (χ4v) is 3.74. The van der Waals surface area contributed by atoms with E-state index in [0.29, 0.717) is 30.3 Å². The van der Waals surface area contributed by atoms with Crippen LogP contribution in [-0.4, -0.2) is 20.7 Å². The molecule has 0 aliphatic rings. The van der Waals surface area contributed by atoms with Crippen LogP contribution in [0.1, 0.15) is 58.1 Å². The first-order valence-electron chi connectivity index (χ1n) is 9.62. The van der Waals surface area contributed by atoms with Crippen LogP contribution in [0.5, 0.6) is 0 Å². The molecule has 0 spiro atoms. The fraction of sp³-hybridized carbons (Fsp3) is 0.682. The Balaban J connectivity index is 2.74. The molecule has 3 heteroatoms. The molecule has 0 bridgehead atoms. The lowest BCUT2D eigenvalue weighted by Gasteiger charge is -2.29. The van der Waals surface area contributed by atoms with Crippen LogP contribution in [-0.2, 0) is 16.0 Å². The first-order chi connectivity index (χ1) is 11.4. The Hall–Kier alpha value is -1.09. The number of hydrogen-bond acceptors (Lipinski definition) is 2. The van der Waals surface area contributed by atoms with Gasteiger partial charge in [0, 0.05) is 8.07 Å². The summed E-state index contributed by atoms with van der Waals surface area (Å²) in [4.78, 5) is 12.1. The molecule has 0 saturated carbocycles. The van der Waals surface area contributed by atoms with Gasteiger partial charge in [-0.25, -0.2) is 0 Å². The summed E-state index contributed by atoms with van der Waals surface area (Å²) in [6.45, 7) is 18.9. The van der Waals surface area contributed by atoms with Crippen molar-refractivity contribution in [3.63, 3.8) is 0 Å². The van der Waals surface area contributed by atoms with Gasteiger partial charge in [-0.15, -0.1) is 0 Å². The summed E-state index contributed by atoms with van der Waals surface area (Å²) in [7, 11) is -1.15. The zero-order valence-electron chi connectivity index (χ0n) is 17.6. The molecule has 0 radical (unpaired) electrons. The Bertz CT molecular complexity index is 550. The quantitative estimate of drug-likeness (QED) is 0.401. The maximum atomic E-state index is 12.1. The van der Waals surface area contributed by atoms with Crippen LogP contribution in [0.15, 0.2) is 24.3 Å². The molecular weight excluding hydrogens is 324 g/mol. The van der Waals surface area contributed by atoms with Crippen LogP contribution < -0.4 is 0 Å². The lowest BCUT2D eigenvalue weighted by Crippen LogP contribution is -2.23. The van der Waals surface area contributed by atoms with Gasteiger partial charge in [-0.05, 0) is 40.8 Å². The number of rotatable bonds is 8. The minimum Gasteiger partial charge on any atom is -0.466 e. The molecule has 0 heterocycles. The third-order valence-electron chi connectivity index (χ3n) is 4.48. The number of carbonyl (C=O) groups excluding carboxylic acids is 1. The average Bonchev–Trinajstić information content (AvgIpc) is 2.42. The van der Waals surface area contributed by atoms with Gasteiger partial charge in [0.05, 0.1) is 13.0 Å². The van der Waals surface area contributed by atoms with Crippen molar-refractivity contribution >= 4 is 14.0 Å². The lowest BCUT2D eigenvalue weighted by molar-refractivity contribution is -0.142. The van der Waals surface area contributed by atoms with Crippen LogP contribution in [0, 0.1) is 11.3 Å². The SMILES string of the molecule is CC(C)C(CC(C)(C)C)c1cccc(CC(=O)OCC[Si](C)(C)C)c1. The van der Waals surface area contributed by atoms with Gasteiger partial charge < -0.3 is 4.74 Å². The van der Waals surface area contributed by atoms with E-state index in [2.05, 4.69) is 72.5 Å². The molecular formula is C22H38O2Si. The van der Waals surface area contributed by atoms with E-state index in [4.69, 9.17) is 4.74 Å². The second-order valence-electron chi connectivity index (χ2n) is 10.1. The minimum absolute atomic E-state index is 0.104. The van der Waals surface area contributed by atoms with Crippen molar-refractivity contribution in [1.29, 1.82) is 0 Å². The van der Waals surface area contributed by atoms with E-state index in [1.54, 1.807) is 0 Å². The van der Waals surface area contributed by atoms with Crippen molar-refractivity contribution in [1.82, 2.24) is 0 Å². The Morgan fingerprint density at radius 3 is 2.32 bits per heavy atom. The highest BCUT2D eigenvalue weighted by Crippen LogP contribution is 2.36. The Labute approximate surface area is 156 Å². The molecule has 25 heavy (non-hydrogen) atoms. The van der Waals surface area contributed by atoms with E-state index in [-0.39, 0.29) is 5.97 Å². The predicted molar refractivity (Wildman–Crippen MR) is 111 cm³/mol. The van der Waals surface area contributed by atoms with E-state index >= 15 is 0 Å². The summed E-state index contributed by atoms with van der Waals surface area (Å²) in [6.07, 6.45) is 1.52. The van der Waals surface area contributed by atoms with Crippen molar-refractivity contribution in [2.24, 2.45) is 11.3 Å². The lowest BCUT2D eigenvalue weighted by atomic mass is 9.76. The molecule has 0 fully saturated rings. The van der Waals surface area contributed by atoms with E-state index < -0.39 is 8.07 Å². The Morgan fingerprint density at radius 2 is 1.80 bits per heavy atom. The van der Waals surface area contributed by atoms with E-state index in [9.17, 15) is 4.79 Å². The second-order valence-corrected chi connectivity index (χ2v) is 15.7. The molecule has 142 valence electrons. The number of hydrogen-bond donors (Lipinski definition) is 0. The molecule has 1 rings (SSSR count).